The quantitative estimate of drug-likeness (QED) is 0.512. The van der Waals surface area contributed by atoms with Gasteiger partial charge in [0.15, 0.2) is 5.78 Å². The van der Waals surface area contributed by atoms with Gasteiger partial charge in [0.2, 0.25) is 5.91 Å². The Balaban J connectivity index is 1.27. The van der Waals surface area contributed by atoms with E-state index in [1.54, 1.807) is 0 Å². The minimum absolute atomic E-state index is 0.220. The Bertz CT molecular complexity index is 987. The summed E-state index contributed by atoms with van der Waals surface area (Å²) >= 11 is 6.26. The number of carbonyl (C=O) groups excluding carboxylic acids is 2. The molecule has 31 heavy (non-hydrogen) atoms. The number of benzene rings is 2. The molecule has 0 radical (unpaired) electrons. The summed E-state index contributed by atoms with van der Waals surface area (Å²) in [5.41, 5.74) is 5.43. The Morgan fingerprint density at radius 1 is 1.16 bits per heavy atom. The first-order chi connectivity index (χ1) is 14.9. The zero-order valence-corrected chi connectivity index (χ0v) is 19.3. The number of Topliss-reactive ketones (excluding diaryl/α,β-unsaturated/α-hetero) is 1. The molecule has 0 saturated carbocycles. The highest BCUT2D eigenvalue weighted by Crippen LogP contribution is 2.37. The summed E-state index contributed by atoms with van der Waals surface area (Å²) in [6, 6.07) is 12.5. The molecule has 164 valence electrons. The first-order valence-corrected chi connectivity index (χ1v) is 11.7. The predicted octanol–water partition coefficient (Wildman–Crippen LogP) is 5.09. The van der Waals surface area contributed by atoms with Crippen molar-refractivity contribution in [3.63, 3.8) is 0 Å². The van der Waals surface area contributed by atoms with Crippen LogP contribution in [0.1, 0.15) is 59.7 Å². The van der Waals surface area contributed by atoms with Gasteiger partial charge in [0.1, 0.15) is 0 Å². The molecular formula is C26H31ClN2O2. The second-order valence-electron chi connectivity index (χ2n) is 8.92. The van der Waals surface area contributed by atoms with Gasteiger partial charge in [0, 0.05) is 42.6 Å². The third-order valence-electron chi connectivity index (χ3n) is 6.84. The first-order valence-electron chi connectivity index (χ1n) is 11.4. The third kappa shape index (κ3) is 4.86. The zero-order chi connectivity index (χ0) is 22.0. The van der Waals surface area contributed by atoms with Crippen molar-refractivity contribution in [3.8, 4) is 0 Å². The van der Waals surface area contributed by atoms with Crippen molar-refractivity contribution < 1.29 is 9.59 Å². The number of rotatable bonds is 9. The molecule has 4 nitrogen and oxygen atoms in total. The summed E-state index contributed by atoms with van der Waals surface area (Å²) in [6.07, 6.45) is 5.55. The van der Waals surface area contributed by atoms with Crippen molar-refractivity contribution in [3.05, 3.63) is 63.7 Å². The molecule has 0 fully saturated rings. The Morgan fingerprint density at radius 3 is 2.68 bits per heavy atom. The first kappa shape index (κ1) is 22.0. The van der Waals surface area contributed by atoms with E-state index in [1.807, 2.05) is 35.2 Å². The van der Waals surface area contributed by atoms with Gasteiger partial charge in [0.05, 0.1) is 5.69 Å². The predicted molar refractivity (Wildman–Crippen MR) is 126 cm³/mol. The van der Waals surface area contributed by atoms with Crippen LogP contribution in [0.25, 0.3) is 0 Å². The van der Waals surface area contributed by atoms with Crippen LogP contribution >= 0.6 is 11.6 Å². The lowest BCUT2D eigenvalue weighted by molar-refractivity contribution is -0.118. The molecular weight excluding hydrogens is 408 g/mol. The van der Waals surface area contributed by atoms with E-state index >= 15 is 0 Å². The van der Waals surface area contributed by atoms with Crippen LogP contribution in [0.4, 0.5) is 5.69 Å². The van der Waals surface area contributed by atoms with E-state index in [0.29, 0.717) is 18.9 Å². The van der Waals surface area contributed by atoms with Gasteiger partial charge in [-0.25, -0.2) is 0 Å². The topological polar surface area (TPSA) is 40.6 Å². The molecule has 1 atom stereocenters. The van der Waals surface area contributed by atoms with Crippen molar-refractivity contribution in [2.75, 3.05) is 25.0 Å². The summed E-state index contributed by atoms with van der Waals surface area (Å²) < 4.78 is 0. The Morgan fingerprint density at radius 2 is 1.90 bits per heavy atom. The maximum atomic E-state index is 12.9. The summed E-state index contributed by atoms with van der Waals surface area (Å²) in [7, 11) is 2.14. The van der Waals surface area contributed by atoms with Crippen LogP contribution in [-0.2, 0) is 24.1 Å². The second kappa shape index (κ2) is 9.54. The fourth-order valence-electron chi connectivity index (χ4n) is 4.76. The number of halogens is 1. The maximum Gasteiger partial charge on any atom is 0.227 e. The molecule has 0 spiro atoms. The highest BCUT2D eigenvalue weighted by atomic mass is 35.5. The zero-order valence-electron chi connectivity index (χ0n) is 18.5. The molecule has 5 heteroatoms. The molecule has 0 N–H and O–H groups in total. The summed E-state index contributed by atoms with van der Waals surface area (Å²) in [5, 5.41) is 0.829. The molecule has 4 rings (SSSR count). The highest BCUT2D eigenvalue weighted by Gasteiger charge is 2.31. The number of nitrogens with zero attached hydrogens (tertiary/aromatic N) is 2. The van der Waals surface area contributed by atoms with Crippen molar-refractivity contribution in [2.45, 2.75) is 57.9 Å². The van der Waals surface area contributed by atoms with E-state index in [4.69, 9.17) is 11.6 Å². The van der Waals surface area contributed by atoms with Crippen molar-refractivity contribution in [2.24, 2.45) is 0 Å². The van der Waals surface area contributed by atoms with E-state index in [1.165, 1.54) is 16.7 Å². The van der Waals surface area contributed by atoms with Crippen LogP contribution in [0.2, 0.25) is 5.02 Å². The average molecular weight is 439 g/mol. The van der Waals surface area contributed by atoms with Crippen LogP contribution in [0.3, 0.4) is 0 Å². The lowest BCUT2D eigenvalue weighted by atomic mass is 9.93. The molecule has 0 aliphatic carbocycles. The Labute approximate surface area is 190 Å². The molecule has 2 aliphatic rings. The Kier molecular flexibility index (Phi) is 6.78. The number of ketones is 1. The van der Waals surface area contributed by atoms with Gasteiger partial charge in [-0.15, -0.1) is 0 Å². The van der Waals surface area contributed by atoms with E-state index in [-0.39, 0.29) is 11.7 Å². The van der Waals surface area contributed by atoms with E-state index in [0.717, 1.165) is 61.5 Å². The number of hydrogen-bond acceptors (Lipinski definition) is 3. The van der Waals surface area contributed by atoms with Crippen molar-refractivity contribution in [1.82, 2.24) is 4.90 Å². The lowest BCUT2D eigenvalue weighted by Crippen LogP contribution is -2.32. The SMILES string of the molecule is CC(CCCC(=O)c1cc2c3c(c1)CCN3C(=O)CC2)N(C)CCc1ccccc1Cl. The minimum Gasteiger partial charge on any atom is -0.312 e. The molecule has 2 aromatic rings. The summed E-state index contributed by atoms with van der Waals surface area (Å²) in [6.45, 7) is 3.93. The van der Waals surface area contributed by atoms with E-state index in [2.05, 4.69) is 24.9 Å². The smallest absolute Gasteiger partial charge is 0.227 e. The van der Waals surface area contributed by atoms with Crippen molar-refractivity contribution >= 4 is 29.0 Å². The number of hydrogen-bond donors (Lipinski definition) is 0. The Hall–Kier alpha value is -2.17. The molecule has 0 aromatic heterocycles. The second-order valence-corrected chi connectivity index (χ2v) is 9.33. The molecule has 1 unspecified atom stereocenters. The maximum absolute atomic E-state index is 12.9. The van der Waals surface area contributed by atoms with Crippen molar-refractivity contribution in [1.29, 1.82) is 0 Å². The standard InChI is InChI=1S/C26H31ClN2O2/c1-18(28(2)14-12-19-7-3-4-8-23(19)27)6-5-9-24(30)22-16-20-10-11-25(31)29-15-13-21(17-22)26(20)29/h3-4,7-8,16-18H,5-6,9-15H2,1-2H3. The number of amides is 1. The van der Waals surface area contributed by atoms with Crippen LogP contribution < -0.4 is 4.90 Å². The fourth-order valence-corrected chi connectivity index (χ4v) is 4.99. The number of carbonyl (C=O) groups is 2. The number of aryl methyl sites for hydroxylation is 1. The lowest BCUT2D eigenvalue weighted by Gasteiger charge is -2.26. The van der Waals surface area contributed by atoms with Gasteiger partial charge in [-0.1, -0.05) is 29.8 Å². The van der Waals surface area contributed by atoms with Gasteiger partial charge in [-0.3, -0.25) is 9.59 Å². The van der Waals surface area contributed by atoms with Crippen LogP contribution in [0, 0.1) is 0 Å². The van der Waals surface area contributed by atoms with Gasteiger partial charge in [0.25, 0.3) is 0 Å². The van der Waals surface area contributed by atoms with E-state index in [9.17, 15) is 9.59 Å². The molecule has 0 bridgehead atoms. The van der Waals surface area contributed by atoms with Crippen LogP contribution in [0.5, 0.6) is 0 Å². The molecule has 1 amide bonds. The molecule has 0 saturated heterocycles. The largest absolute Gasteiger partial charge is 0.312 e. The van der Waals surface area contributed by atoms with E-state index < -0.39 is 0 Å². The fraction of sp³-hybridized carbons (Fsp3) is 0.462. The van der Waals surface area contributed by atoms with Gasteiger partial charge in [-0.05, 0) is 81.0 Å². The number of likely N-dealkylation sites (N-methyl/N-ethyl adjacent to an activating group) is 1. The van der Waals surface area contributed by atoms with Gasteiger partial charge in [-0.2, -0.15) is 0 Å². The van der Waals surface area contributed by atoms with Gasteiger partial charge < -0.3 is 9.80 Å². The average Bonchev–Trinajstić information content (AvgIpc) is 3.20. The summed E-state index contributed by atoms with van der Waals surface area (Å²) in [5.74, 6) is 0.443. The normalized spacial score (nSPS) is 16.0. The van der Waals surface area contributed by atoms with Crippen LogP contribution in [0.15, 0.2) is 36.4 Å². The molecule has 2 aromatic carbocycles. The molecule has 2 aliphatic heterocycles. The number of anilines is 1. The molecule has 2 heterocycles. The monoisotopic (exact) mass is 438 g/mol. The minimum atomic E-state index is 0.220. The highest BCUT2D eigenvalue weighted by molar-refractivity contribution is 6.31. The summed E-state index contributed by atoms with van der Waals surface area (Å²) in [4.78, 5) is 29.2. The third-order valence-corrected chi connectivity index (χ3v) is 7.21. The van der Waals surface area contributed by atoms with Crippen LogP contribution in [-0.4, -0.2) is 42.8 Å². The van der Waals surface area contributed by atoms with Gasteiger partial charge >= 0.3 is 0 Å².